The van der Waals surface area contributed by atoms with Crippen LogP contribution in [0.25, 0.3) is 0 Å². The fourth-order valence-electron chi connectivity index (χ4n) is 3.74. The first-order chi connectivity index (χ1) is 16.5. The molecule has 0 saturated carbocycles. The molecule has 0 spiro atoms. The van der Waals surface area contributed by atoms with Crippen molar-refractivity contribution >= 4 is 40.9 Å². The highest BCUT2D eigenvalue weighted by molar-refractivity contribution is 5.94. The lowest BCUT2D eigenvalue weighted by atomic mass is 10.00. The molecule has 2 aliphatic rings. The molecule has 2 saturated heterocycles. The number of nitrogens with one attached hydrogen (secondary N) is 3. The number of hydrogen-bond acceptors (Lipinski definition) is 11. The highest BCUT2D eigenvalue weighted by Gasteiger charge is 2.24. The summed E-state index contributed by atoms with van der Waals surface area (Å²) in [5, 5.41) is 8.54. The Bertz CT molecular complexity index is 1020. The molecule has 2 fully saturated rings. The van der Waals surface area contributed by atoms with Gasteiger partial charge in [-0.15, -0.1) is 0 Å². The van der Waals surface area contributed by atoms with Crippen molar-refractivity contribution in [3.63, 3.8) is 0 Å². The van der Waals surface area contributed by atoms with Gasteiger partial charge >= 0.3 is 0 Å². The number of ether oxygens (including phenoxy) is 3. The van der Waals surface area contributed by atoms with Gasteiger partial charge in [-0.1, -0.05) is 0 Å². The Hall–Kier alpha value is -3.58. The van der Waals surface area contributed by atoms with Crippen molar-refractivity contribution < 1.29 is 23.8 Å². The van der Waals surface area contributed by atoms with Gasteiger partial charge in [0.2, 0.25) is 23.5 Å². The lowest BCUT2D eigenvalue weighted by Gasteiger charge is -2.29. The van der Waals surface area contributed by atoms with Crippen molar-refractivity contribution in [1.29, 1.82) is 0 Å². The maximum atomic E-state index is 12.6. The van der Waals surface area contributed by atoms with Crippen LogP contribution in [0.15, 0.2) is 12.5 Å². The van der Waals surface area contributed by atoms with E-state index in [4.69, 9.17) is 14.2 Å². The first-order valence-corrected chi connectivity index (χ1v) is 11.1. The highest BCUT2D eigenvalue weighted by atomic mass is 16.5. The van der Waals surface area contributed by atoms with E-state index in [1.54, 1.807) is 0 Å². The molecule has 0 unspecified atom stereocenters. The minimum absolute atomic E-state index is 0.106. The van der Waals surface area contributed by atoms with E-state index in [9.17, 15) is 9.59 Å². The minimum Gasteiger partial charge on any atom is -0.490 e. The molecular formula is C21H28N8O5. The molecule has 3 N–H and O–H groups in total. The maximum absolute atomic E-state index is 12.6. The van der Waals surface area contributed by atoms with E-state index in [0.717, 1.165) is 0 Å². The van der Waals surface area contributed by atoms with Gasteiger partial charge in [0.1, 0.15) is 12.0 Å². The summed E-state index contributed by atoms with van der Waals surface area (Å²) in [6.45, 7) is 4.99. The van der Waals surface area contributed by atoms with Gasteiger partial charge in [-0.2, -0.15) is 4.98 Å². The molecule has 2 aromatic rings. The number of rotatable bonds is 7. The van der Waals surface area contributed by atoms with Gasteiger partial charge in [0, 0.05) is 39.1 Å². The summed E-state index contributed by atoms with van der Waals surface area (Å²) in [6.07, 6.45) is 4.13. The lowest BCUT2D eigenvalue weighted by molar-refractivity contribution is -0.122. The number of methoxy groups -OCH3 is 1. The molecule has 13 heteroatoms. The minimum atomic E-state index is -0.297. The maximum Gasteiger partial charge on any atom is 0.231 e. The number of carbonyl (C=O) groups is 2. The van der Waals surface area contributed by atoms with E-state index in [1.807, 2.05) is 4.90 Å². The Labute approximate surface area is 196 Å². The van der Waals surface area contributed by atoms with Gasteiger partial charge in [0.05, 0.1) is 26.5 Å². The van der Waals surface area contributed by atoms with Gasteiger partial charge in [-0.05, 0) is 12.8 Å². The number of hydrogen-bond donors (Lipinski definition) is 3. The first kappa shape index (κ1) is 23.6. The van der Waals surface area contributed by atoms with Gasteiger partial charge in [-0.25, -0.2) is 15.0 Å². The third-order valence-corrected chi connectivity index (χ3v) is 5.46. The molecular weight excluding hydrogens is 444 g/mol. The molecule has 2 aliphatic heterocycles. The molecule has 13 nitrogen and oxygen atoms in total. The second kappa shape index (κ2) is 11.0. The van der Waals surface area contributed by atoms with Crippen molar-refractivity contribution in [1.82, 2.24) is 19.9 Å². The molecule has 4 rings (SSSR count). The zero-order valence-electron chi connectivity index (χ0n) is 19.2. The summed E-state index contributed by atoms with van der Waals surface area (Å²) < 4.78 is 16.4. The summed E-state index contributed by atoms with van der Waals surface area (Å²) in [5.41, 5.74) is 0.324. The number of amides is 2. The van der Waals surface area contributed by atoms with Crippen LogP contribution >= 0.6 is 0 Å². The Morgan fingerprint density at radius 3 is 2.47 bits per heavy atom. The molecule has 0 atom stereocenters. The second-order valence-corrected chi connectivity index (χ2v) is 7.82. The van der Waals surface area contributed by atoms with Crippen molar-refractivity contribution in [2.75, 3.05) is 67.5 Å². The Morgan fingerprint density at radius 1 is 1.03 bits per heavy atom. The number of aromatic nitrogens is 4. The molecule has 182 valence electrons. The largest absolute Gasteiger partial charge is 0.490 e. The fourth-order valence-corrected chi connectivity index (χ4v) is 3.74. The van der Waals surface area contributed by atoms with Crippen LogP contribution in [0.3, 0.4) is 0 Å². The quantitative estimate of drug-likeness (QED) is 0.532. The molecule has 0 aromatic carbocycles. The number of carbonyl (C=O) groups excluding carboxylic acids is 2. The second-order valence-electron chi connectivity index (χ2n) is 7.82. The Morgan fingerprint density at radius 2 is 1.76 bits per heavy atom. The van der Waals surface area contributed by atoms with Gasteiger partial charge in [-0.3, -0.25) is 14.9 Å². The molecule has 2 amide bonds. The predicted molar refractivity (Wildman–Crippen MR) is 123 cm³/mol. The van der Waals surface area contributed by atoms with Gasteiger partial charge in [0.25, 0.3) is 0 Å². The summed E-state index contributed by atoms with van der Waals surface area (Å²) in [5.74, 6) is 1.11. The molecule has 4 heterocycles. The molecule has 2 aromatic heterocycles. The predicted octanol–water partition coefficient (Wildman–Crippen LogP) is 1.18. The Kier molecular flexibility index (Phi) is 7.65. The zero-order chi connectivity index (χ0) is 23.9. The van der Waals surface area contributed by atoms with Crippen LogP contribution in [0.2, 0.25) is 0 Å². The van der Waals surface area contributed by atoms with Crippen LogP contribution in [-0.4, -0.2) is 78.4 Å². The molecule has 0 bridgehead atoms. The summed E-state index contributed by atoms with van der Waals surface area (Å²) >= 11 is 0. The smallest absolute Gasteiger partial charge is 0.231 e. The number of nitrogens with zero attached hydrogens (tertiary/aromatic N) is 5. The van der Waals surface area contributed by atoms with Crippen LogP contribution in [0.1, 0.15) is 19.8 Å². The van der Waals surface area contributed by atoms with E-state index < -0.39 is 0 Å². The standard InChI is InChI=1S/C21H28N8O5/c1-13(30)25-15-11-22-21(28-20(31)14-3-7-33-8-4-14)27-17(15)26-18-16(32-2)19(24-12-23-18)29-5-9-34-10-6-29/h11-12,14H,3-10H2,1-2H3,(H,25,30)(H2,22,23,24,26,27,28,31). The SMILES string of the molecule is COc1c(Nc2nc(NC(=O)C3CCOCC3)ncc2NC(C)=O)ncnc1N1CCOCC1. The van der Waals surface area contributed by atoms with Gasteiger partial charge in [0.15, 0.2) is 17.5 Å². The van der Waals surface area contributed by atoms with Crippen LogP contribution in [0.4, 0.5) is 29.1 Å². The van der Waals surface area contributed by atoms with Crippen molar-refractivity contribution in [3.05, 3.63) is 12.5 Å². The fraction of sp³-hybridized carbons (Fsp3) is 0.524. The average molecular weight is 473 g/mol. The topological polar surface area (TPSA) is 153 Å². The molecule has 0 radical (unpaired) electrons. The highest BCUT2D eigenvalue weighted by Crippen LogP contribution is 2.35. The van der Waals surface area contributed by atoms with Gasteiger partial charge < -0.3 is 29.7 Å². The normalized spacial score (nSPS) is 16.6. The molecule has 34 heavy (non-hydrogen) atoms. The van der Waals surface area contributed by atoms with E-state index in [1.165, 1.54) is 26.6 Å². The van der Waals surface area contributed by atoms with Crippen LogP contribution in [0.5, 0.6) is 5.75 Å². The summed E-state index contributed by atoms with van der Waals surface area (Å²) in [7, 11) is 1.53. The van der Waals surface area contributed by atoms with Crippen LogP contribution in [-0.2, 0) is 19.1 Å². The average Bonchev–Trinajstić information content (AvgIpc) is 2.86. The van der Waals surface area contributed by atoms with Crippen molar-refractivity contribution in [3.8, 4) is 5.75 Å². The summed E-state index contributed by atoms with van der Waals surface area (Å²) in [6, 6.07) is 0. The number of anilines is 5. The van der Waals surface area contributed by atoms with Crippen molar-refractivity contribution in [2.45, 2.75) is 19.8 Å². The zero-order valence-corrected chi connectivity index (χ0v) is 19.2. The first-order valence-electron chi connectivity index (χ1n) is 11.1. The monoisotopic (exact) mass is 472 g/mol. The third kappa shape index (κ3) is 5.66. The Balaban J connectivity index is 1.61. The summed E-state index contributed by atoms with van der Waals surface area (Å²) in [4.78, 5) is 43.7. The van der Waals surface area contributed by atoms with Crippen molar-refractivity contribution in [2.24, 2.45) is 5.92 Å². The van der Waals surface area contributed by atoms with E-state index >= 15 is 0 Å². The van der Waals surface area contributed by atoms with Crippen LogP contribution in [0, 0.1) is 5.92 Å². The van der Waals surface area contributed by atoms with E-state index in [0.29, 0.717) is 75.4 Å². The van der Waals surface area contributed by atoms with Crippen LogP contribution < -0.4 is 25.6 Å². The third-order valence-electron chi connectivity index (χ3n) is 5.46. The number of morpholine rings is 1. The molecule has 0 aliphatic carbocycles. The van der Waals surface area contributed by atoms with E-state index in [2.05, 4.69) is 35.9 Å². The lowest BCUT2D eigenvalue weighted by Crippen LogP contribution is -2.37. The van der Waals surface area contributed by atoms with E-state index in [-0.39, 0.29) is 29.5 Å².